The Morgan fingerprint density at radius 2 is 1.96 bits per heavy atom. The Morgan fingerprint density at radius 1 is 1.15 bits per heavy atom. The molecule has 0 N–H and O–H groups in total. The summed E-state index contributed by atoms with van der Waals surface area (Å²) in [6.07, 6.45) is 0. The zero-order valence-corrected chi connectivity index (χ0v) is 16.8. The number of rotatable bonds is 5. The van der Waals surface area contributed by atoms with Crippen molar-refractivity contribution in [1.82, 2.24) is 9.55 Å². The zero-order chi connectivity index (χ0) is 18.8. The molecule has 0 radical (unpaired) electrons. The molecular weight excluding hydrogens is 378 g/mol. The van der Waals surface area contributed by atoms with Crippen LogP contribution in [0.4, 0.5) is 0 Å². The van der Waals surface area contributed by atoms with Crippen LogP contribution in [0.5, 0.6) is 0 Å². The number of hydrogen-bond donors (Lipinski definition) is 0. The lowest BCUT2D eigenvalue weighted by atomic mass is 10.2. The summed E-state index contributed by atoms with van der Waals surface area (Å²) in [6.45, 7) is 5.96. The van der Waals surface area contributed by atoms with E-state index in [0.717, 1.165) is 26.0 Å². The van der Waals surface area contributed by atoms with E-state index < -0.39 is 0 Å². The van der Waals surface area contributed by atoms with Crippen LogP contribution in [-0.2, 0) is 11.3 Å². The van der Waals surface area contributed by atoms with Gasteiger partial charge in [0.05, 0.1) is 27.0 Å². The molecule has 0 aliphatic carbocycles. The minimum Gasteiger partial charge on any atom is -0.380 e. The van der Waals surface area contributed by atoms with Crippen LogP contribution in [0.2, 0.25) is 0 Å². The highest BCUT2D eigenvalue weighted by atomic mass is 32.1. The third-order valence-electron chi connectivity index (χ3n) is 4.24. The van der Waals surface area contributed by atoms with Gasteiger partial charge >= 0.3 is 5.91 Å². The van der Waals surface area contributed by atoms with E-state index in [1.165, 1.54) is 22.7 Å². The van der Waals surface area contributed by atoms with Gasteiger partial charge in [-0.25, -0.2) is 4.98 Å². The first-order chi connectivity index (χ1) is 13.2. The second-order valence-corrected chi connectivity index (χ2v) is 8.10. The molecule has 0 bridgehead atoms. The molecule has 2 heterocycles. The van der Waals surface area contributed by atoms with Gasteiger partial charge in [0.1, 0.15) is 0 Å². The Morgan fingerprint density at radius 3 is 2.78 bits per heavy atom. The molecule has 27 heavy (non-hydrogen) atoms. The van der Waals surface area contributed by atoms with Crippen molar-refractivity contribution in [2.75, 3.05) is 13.2 Å². The maximum atomic E-state index is 12.8. The van der Waals surface area contributed by atoms with Gasteiger partial charge in [-0.3, -0.25) is 4.79 Å². The number of benzene rings is 2. The lowest BCUT2D eigenvalue weighted by Gasteiger charge is -2.07. The lowest BCUT2D eigenvalue weighted by molar-refractivity contribution is 0.0996. The van der Waals surface area contributed by atoms with Crippen molar-refractivity contribution in [2.24, 2.45) is 4.99 Å². The Hall–Kier alpha value is -2.35. The van der Waals surface area contributed by atoms with Gasteiger partial charge in [0.2, 0.25) is 0 Å². The molecule has 2 aromatic carbocycles. The van der Waals surface area contributed by atoms with Crippen LogP contribution in [-0.4, -0.2) is 28.7 Å². The van der Waals surface area contributed by atoms with Crippen molar-refractivity contribution in [3.8, 4) is 0 Å². The average molecular weight is 398 g/mol. The number of amides is 1. The molecule has 4 aromatic rings. The molecule has 2 aromatic heterocycles. The van der Waals surface area contributed by atoms with Crippen LogP contribution in [0.1, 0.15) is 22.3 Å². The molecule has 138 valence electrons. The fourth-order valence-corrected chi connectivity index (χ4v) is 4.98. The van der Waals surface area contributed by atoms with Crippen molar-refractivity contribution < 1.29 is 9.53 Å². The largest absolute Gasteiger partial charge is 0.380 e. The molecule has 4 rings (SSSR count). The van der Waals surface area contributed by atoms with Gasteiger partial charge in [0, 0.05) is 13.2 Å². The van der Waals surface area contributed by atoms with Crippen LogP contribution in [0.15, 0.2) is 47.5 Å². The Bertz CT molecular complexity index is 1150. The molecule has 7 heteroatoms. The first-order valence-corrected chi connectivity index (χ1v) is 10.4. The average Bonchev–Trinajstić information content (AvgIpc) is 3.24. The topological polar surface area (TPSA) is 56.5 Å². The second-order valence-electron chi connectivity index (χ2n) is 6.06. The number of para-hydroxylation sites is 2. The fraction of sp³-hybridized carbons (Fsp3) is 0.250. The number of carbonyl (C=O) groups is 1. The summed E-state index contributed by atoms with van der Waals surface area (Å²) in [5.74, 6) is -0.300. The molecule has 0 unspecified atom stereocenters. The molecule has 0 fully saturated rings. The highest BCUT2D eigenvalue weighted by molar-refractivity contribution is 7.20. The number of ether oxygens (including phenoxy) is 1. The highest BCUT2D eigenvalue weighted by Gasteiger charge is 2.14. The van der Waals surface area contributed by atoms with Crippen molar-refractivity contribution in [3.05, 3.63) is 57.8 Å². The third-order valence-corrected chi connectivity index (χ3v) is 6.31. The third kappa shape index (κ3) is 3.58. The number of aromatic nitrogens is 2. The van der Waals surface area contributed by atoms with E-state index >= 15 is 0 Å². The van der Waals surface area contributed by atoms with Crippen LogP contribution >= 0.6 is 22.7 Å². The molecule has 0 aliphatic rings. The van der Waals surface area contributed by atoms with Gasteiger partial charge in [0.25, 0.3) is 0 Å². The summed E-state index contributed by atoms with van der Waals surface area (Å²) in [7, 11) is 0. The maximum absolute atomic E-state index is 12.8. The Labute approximate surface area is 164 Å². The summed E-state index contributed by atoms with van der Waals surface area (Å²) in [5, 5.41) is 0.418. The number of thiazole rings is 2. The predicted octanol–water partition coefficient (Wildman–Crippen LogP) is 4.40. The van der Waals surface area contributed by atoms with Crippen LogP contribution in [0, 0.1) is 6.92 Å². The van der Waals surface area contributed by atoms with E-state index in [4.69, 9.17) is 4.74 Å². The second kappa shape index (κ2) is 7.72. The minimum atomic E-state index is -0.300. The lowest BCUT2D eigenvalue weighted by Crippen LogP contribution is -2.20. The first kappa shape index (κ1) is 18.0. The molecule has 5 nitrogen and oxygen atoms in total. The van der Waals surface area contributed by atoms with Crippen LogP contribution in [0.3, 0.4) is 0 Å². The van der Waals surface area contributed by atoms with E-state index in [1.807, 2.05) is 37.3 Å². The highest BCUT2D eigenvalue weighted by Crippen LogP contribution is 2.23. The number of carbonyl (C=O) groups excluding carboxylic acids is 1. The maximum Gasteiger partial charge on any atom is 0.308 e. The summed E-state index contributed by atoms with van der Waals surface area (Å²) >= 11 is 2.90. The quantitative estimate of drug-likeness (QED) is 0.469. The number of hydrogen-bond acceptors (Lipinski definition) is 5. The minimum absolute atomic E-state index is 0.300. The van der Waals surface area contributed by atoms with Gasteiger partial charge in [-0.2, -0.15) is 4.99 Å². The van der Waals surface area contributed by atoms with E-state index in [9.17, 15) is 4.79 Å². The van der Waals surface area contributed by atoms with Gasteiger partial charge in [-0.1, -0.05) is 35.6 Å². The number of nitrogens with zero attached hydrogens (tertiary/aromatic N) is 3. The summed E-state index contributed by atoms with van der Waals surface area (Å²) in [4.78, 5) is 22.3. The summed E-state index contributed by atoms with van der Waals surface area (Å²) in [5.41, 5.74) is 3.10. The first-order valence-electron chi connectivity index (χ1n) is 8.78. The van der Waals surface area contributed by atoms with Gasteiger partial charge in [0.15, 0.2) is 9.81 Å². The van der Waals surface area contributed by atoms with Crippen molar-refractivity contribution >= 4 is 49.0 Å². The normalized spacial score (nSPS) is 12.3. The molecule has 0 saturated heterocycles. The molecule has 0 spiro atoms. The van der Waals surface area contributed by atoms with E-state index in [-0.39, 0.29) is 5.91 Å². The smallest absolute Gasteiger partial charge is 0.308 e. The van der Waals surface area contributed by atoms with Crippen LogP contribution < -0.4 is 4.80 Å². The Kier molecular flexibility index (Phi) is 5.15. The monoisotopic (exact) mass is 397 g/mol. The molecule has 0 aliphatic heterocycles. The number of aryl methyl sites for hydroxylation is 1. The van der Waals surface area contributed by atoms with E-state index in [2.05, 4.69) is 33.6 Å². The van der Waals surface area contributed by atoms with Crippen molar-refractivity contribution in [2.45, 2.75) is 20.4 Å². The molecule has 1 amide bonds. The summed E-state index contributed by atoms with van der Waals surface area (Å²) < 4.78 is 9.71. The SMILES string of the molecule is CCOCCn1c(=NC(=O)c2nc3ccccc3s2)sc2cccc(C)c21. The standard InChI is InChI=1S/C20H19N3O2S2/c1-3-25-12-11-23-17-13(2)7-6-10-16(17)27-20(23)22-18(24)19-21-14-8-4-5-9-15(14)26-19/h4-10H,3,11-12H2,1-2H3. The molecule has 0 atom stereocenters. The predicted molar refractivity (Wildman–Crippen MR) is 111 cm³/mol. The van der Waals surface area contributed by atoms with E-state index in [0.29, 0.717) is 29.6 Å². The van der Waals surface area contributed by atoms with Crippen molar-refractivity contribution in [3.63, 3.8) is 0 Å². The molecular formula is C20H19N3O2S2. The Balaban J connectivity index is 1.80. The van der Waals surface area contributed by atoms with Crippen molar-refractivity contribution in [1.29, 1.82) is 0 Å². The van der Waals surface area contributed by atoms with Gasteiger partial charge in [-0.15, -0.1) is 11.3 Å². The van der Waals surface area contributed by atoms with Crippen LogP contribution in [0.25, 0.3) is 20.4 Å². The summed E-state index contributed by atoms with van der Waals surface area (Å²) in [6, 6.07) is 13.9. The zero-order valence-electron chi connectivity index (χ0n) is 15.1. The van der Waals surface area contributed by atoms with E-state index in [1.54, 1.807) is 0 Å². The molecule has 0 saturated carbocycles. The number of fused-ring (bicyclic) bond motifs is 2. The fourth-order valence-electron chi connectivity index (χ4n) is 3.00. The van der Waals surface area contributed by atoms with Gasteiger partial charge < -0.3 is 9.30 Å². The van der Waals surface area contributed by atoms with Gasteiger partial charge in [-0.05, 0) is 37.6 Å².